The van der Waals surface area contributed by atoms with Crippen LogP contribution < -0.4 is 5.32 Å². The van der Waals surface area contributed by atoms with Crippen LogP contribution in [0.15, 0.2) is 24.3 Å². The molecule has 2 heteroatoms. The highest BCUT2D eigenvalue weighted by Gasteiger charge is 2.28. The summed E-state index contributed by atoms with van der Waals surface area (Å²) in [5.74, 6) is 0.592. The van der Waals surface area contributed by atoms with Crippen LogP contribution in [-0.4, -0.2) is 25.3 Å². The standard InChI is InChI=1S/C17H29NO/c1-7-18-16(17(4,5)19-6)12-14-8-10-15(11-9-14)13(2)3/h8-11,13,16,18H,7,12H2,1-6H3. The zero-order chi connectivity index (χ0) is 14.5. The van der Waals surface area contributed by atoms with Gasteiger partial charge in [0.2, 0.25) is 0 Å². The summed E-state index contributed by atoms with van der Waals surface area (Å²) in [4.78, 5) is 0. The second-order valence-corrected chi connectivity index (χ2v) is 6.02. The second kappa shape index (κ2) is 7.06. The third-order valence-corrected chi connectivity index (χ3v) is 3.90. The molecule has 0 radical (unpaired) electrons. The minimum atomic E-state index is -0.160. The molecule has 2 nitrogen and oxygen atoms in total. The lowest BCUT2D eigenvalue weighted by atomic mass is 9.91. The molecule has 0 spiro atoms. The number of rotatable bonds is 7. The van der Waals surface area contributed by atoms with Crippen LogP contribution in [0.2, 0.25) is 0 Å². The summed E-state index contributed by atoms with van der Waals surface area (Å²) in [6.45, 7) is 11.8. The molecular weight excluding hydrogens is 234 g/mol. The Balaban J connectivity index is 2.79. The lowest BCUT2D eigenvalue weighted by molar-refractivity contribution is -0.00960. The summed E-state index contributed by atoms with van der Waals surface area (Å²) in [7, 11) is 1.78. The first-order valence-corrected chi connectivity index (χ1v) is 7.28. The van der Waals surface area contributed by atoms with Crippen molar-refractivity contribution in [1.29, 1.82) is 0 Å². The molecule has 1 aromatic rings. The predicted molar refractivity (Wildman–Crippen MR) is 82.8 cm³/mol. The van der Waals surface area contributed by atoms with Gasteiger partial charge in [-0.1, -0.05) is 45.0 Å². The third-order valence-electron chi connectivity index (χ3n) is 3.90. The molecule has 0 saturated heterocycles. The maximum Gasteiger partial charge on any atom is 0.0778 e. The van der Waals surface area contributed by atoms with E-state index in [4.69, 9.17) is 4.74 Å². The SMILES string of the molecule is CCNC(Cc1ccc(C(C)C)cc1)C(C)(C)OC. The van der Waals surface area contributed by atoms with Crippen LogP contribution in [0.4, 0.5) is 0 Å². The molecule has 0 aromatic heterocycles. The van der Waals surface area contributed by atoms with Gasteiger partial charge in [-0.15, -0.1) is 0 Å². The van der Waals surface area contributed by atoms with E-state index in [1.165, 1.54) is 11.1 Å². The second-order valence-electron chi connectivity index (χ2n) is 6.02. The normalized spacial score (nSPS) is 13.8. The van der Waals surface area contributed by atoms with Gasteiger partial charge < -0.3 is 10.1 Å². The van der Waals surface area contributed by atoms with Gasteiger partial charge in [0.1, 0.15) is 0 Å². The molecule has 0 fully saturated rings. The fraction of sp³-hybridized carbons (Fsp3) is 0.647. The Labute approximate surface area is 118 Å². The van der Waals surface area contributed by atoms with Gasteiger partial charge in [-0.05, 0) is 43.9 Å². The first kappa shape index (κ1) is 16.2. The maximum atomic E-state index is 5.62. The Kier molecular flexibility index (Phi) is 6.02. The van der Waals surface area contributed by atoms with Gasteiger partial charge in [-0.2, -0.15) is 0 Å². The van der Waals surface area contributed by atoms with Crippen LogP contribution in [0.3, 0.4) is 0 Å². The summed E-state index contributed by atoms with van der Waals surface area (Å²) in [5, 5.41) is 3.53. The van der Waals surface area contributed by atoms with Crippen LogP contribution >= 0.6 is 0 Å². The molecule has 0 saturated carbocycles. The van der Waals surface area contributed by atoms with Gasteiger partial charge in [0.15, 0.2) is 0 Å². The van der Waals surface area contributed by atoms with Gasteiger partial charge in [-0.3, -0.25) is 0 Å². The van der Waals surface area contributed by atoms with Gasteiger partial charge in [0.05, 0.1) is 5.60 Å². The van der Waals surface area contributed by atoms with Crippen molar-refractivity contribution in [2.45, 2.75) is 58.6 Å². The number of hydrogen-bond donors (Lipinski definition) is 1. The topological polar surface area (TPSA) is 21.3 Å². The van der Waals surface area contributed by atoms with E-state index in [1.54, 1.807) is 7.11 Å². The predicted octanol–water partition coefficient (Wildman–Crippen LogP) is 3.76. The minimum Gasteiger partial charge on any atom is -0.377 e. The van der Waals surface area contributed by atoms with Crippen molar-refractivity contribution in [3.05, 3.63) is 35.4 Å². The van der Waals surface area contributed by atoms with E-state index in [0.717, 1.165) is 13.0 Å². The van der Waals surface area contributed by atoms with Crippen LogP contribution in [0, 0.1) is 0 Å². The lowest BCUT2D eigenvalue weighted by Gasteiger charge is -2.34. The summed E-state index contributed by atoms with van der Waals surface area (Å²) < 4.78 is 5.62. The summed E-state index contributed by atoms with van der Waals surface area (Å²) >= 11 is 0. The number of likely N-dealkylation sites (N-methyl/N-ethyl adjacent to an activating group) is 1. The van der Waals surface area contributed by atoms with E-state index >= 15 is 0 Å². The number of methoxy groups -OCH3 is 1. The van der Waals surface area contributed by atoms with Crippen molar-refractivity contribution in [3.8, 4) is 0 Å². The van der Waals surface area contributed by atoms with E-state index in [-0.39, 0.29) is 5.60 Å². The average molecular weight is 263 g/mol. The molecule has 1 aromatic carbocycles. The number of nitrogens with one attached hydrogen (secondary N) is 1. The number of ether oxygens (including phenoxy) is 1. The van der Waals surface area contributed by atoms with Crippen molar-refractivity contribution < 1.29 is 4.74 Å². The number of benzene rings is 1. The minimum absolute atomic E-state index is 0.160. The largest absolute Gasteiger partial charge is 0.377 e. The van der Waals surface area contributed by atoms with Gasteiger partial charge in [0, 0.05) is 13.2 Å². The Morgan fingerprint density at radius 2 is 1.74 bits per heavy atom. The van der Waals surface area contributed by atoms with Crippen molar-refractivity contribution in [1.82, 2.24) is 5.32 Å². The van der Waals surface area contributed by atoms with Crippen molar-refractivity contribution >= 4 is 0 Å². The smallest absolute Gasteiger partial charge is 0.0778 e. The highest BCUT2D eigenvalue weighted by Crippen LogP contribution is 2.20. The molecule has 0 amide bonds. The molecule has 0 heterocycles. The van der Waals surface area contributed by atoms with Crippen molar-refractivity contribution in [2.75, 3.05) is 13.7 Å². The average Bonchev–Trinajstić information content (AvgIpc) is 2.38. The first-order chi connectivity index (χ1) is 8.90. The molecule has 108 valence electrons. The van der Waals surface area contributed by atoms with Crippen molar-refractivity contribution in [2.24, 2.45) is 0 Å². The molecule has 0 aliphatic heterocycles. The van der Waals surface area contributed by atoms with E-state index in [0.29, 0.717) is 12.0 Å². The molecule has 1 N–H and O–H groups in total. The molecule has 1 rings (SSSR count). The van der Waals surface area contributed by atoms with E-state index in [1.807, 2.05) is 0 Å². The Bertz CT molecular complexity index is 367. The molecular formula is C17H29NO. The monoisotopic (exact) mass is 263 g/mol. The quantitative estimate of drug-likeness (QED) is 0.809. The highest BCUT2D eigenvalue weighted by atomic mass is 16.5. The summed E-state index contributed by atoms with van der Waals surface area (Å²) in [6, 6.07) is 9.29. The zero-order valence-electron chi connectivity index (χ0n) is 13.3. The van der Waals surface area contributed by atoms with E-state index in [9.17, 15) is 0 Å². The van der Waals surface area contributed by atoms with Gasteiger partial charge >= 0.3 is 0 Å². The molecule has 19 heavy (non-hydrogen) atoms. The molecule has 1 unspecified atom stereocenters. The molecule has 0 aliphatic rings. The molecule has 0 bridgehead atoms. The highest BCUT2D eigenvalue weighted by molar-refractivity contribution is 5.25. The third kappa shape index (κ3) is 4.63. The maximum absolute atomic E-state index is 5.62. The summed E-state index contributed by atoms with van der Waals surface area (Å²) in [5.41, 5.74) is 2.60. The van der Waals surface area contributed by atoms with Crippen LogP contribution in [0.1, 0.15) is 51.7 Å². The Hall–Kier alpha value is -0.860. The van der Waals surface area contributed by atoms with Crippen LogP contribution in [0.5, 0.6) is 0 Å². The fourth-order valence-corrected chi connectivity index (χ4v) is 2.23. The molecule has 0 aliphatic carbocycles. The van der Waals surface area contributed by atoms with Crippen LogP contribution in [0.25, 0.3) is 0 Å². The lowest BCUT2D eigenvalue weighted by Crippen LogP contribution is -2.49. The molecule has 1 atom stereocenters. The van der Waals surface area contributed by atoms with Crippen molar-refractivity contribution in [3.63, 3.8) is 0 Å². The van der Waals surface area contributed by atoms with E-state index in [2.05, 4.69) is 64.2 Å². The van der Waals surface area contributed by atoms with Crippen LogP contribution in [-0.2, 0) is 11.2 Å². The summed E-state index contributed by atoms with van der Waals surface area (Å²) in [6.07, 6.45) is 0.993. The first-order valence-electron chi connectivity index (χ1n) is 7.28. The van der Waals surface area contributed by atoms with Gasteiger partial charge in [0.25, 0.3) is 0 Å². The van der Waals surface area contributed by atoms with Gasteiger partial charge in [-0.25, -0.2) is 0 Å². The Morgan fingerprint density at radius 3 is 2.16 bits per heavy atom. The van der Waals surface area contributed by atoms with E-state index < -0.39 is 0 Å². The fourth-order valence-electron chi connectivity index (χ4n) is 2.23. The zero-order valence-corrected chi connectivity index (χ0v) is 13.3. The Morgan fingerprint density at radius 1 is 1.16 bits per heavy atom. The number of hydrogen-bond acceptors (Lipinski definition) is 2.